The Labute approximate surface area is 80.4 Å². The molecule has 2 rings (SSSR count). The van der Waals surface area contributed by atoms with Crippen LogP contribution in [0, 0.1) is 0 Å². The minimum Gasteiger partial charge on any atom is -0.490 e. The summed E-state index contributed by atoms with van der Waals surface area (Å²) in [7, 11) is 0. The van der Waals surface area contributed by atoms with Crippen LogP contribution in [0.15, 0.2) is 12.1 Å². The van der Waals surface area contributed by atoms with Crippen LogP contribution in [-0.4, -0.2) is 13.2 Å². The van der Waals surface area contributed by atoms with E-state index in [0.717, 1.165) is 18.0 Å². The third kappa shape index (κ3) is 1.32. The van der Waals surface area contributed by atoms with Crippen molar-refractivity contribution in [3.8, 4) is 5.75 Å². The van der Waals surface area contributed by atoms with Crippen LogP contribution in [0.5, 0.6) is 5.75 Å². The lowest BCUT2D eigenvalue weighted by molar-refractivity contribution is 0.323. The highest BCUT2D eigenvalue weighted by Gasteiger charge is 2.11. The van der Waals surface area contributed by atoms with Crippen LogP contribution in [0.3, 0.4) is 0 Å². The molecule has 1 aliphatic heterocycles. The van der Waals surface area contributed by atoms with E-state index in [4.69, 9.17) is 27.9 Å². The maximum absolute atomic E-state index is 5.82. The summed E-state index contributed by atoms with van der Waals surface area (Å²) in [5.41, 5.74) is 0.913. The summed E-state index contributed by atoms with van der Waals surface area (Å²) >= 11 is 11.6. The zero-order valence-corrected chi connectivity index (χ0v) is 7.74. The first-order chi connectivity index (χ1) is 5.77. The molecule has 1 aliphatic rings. The Balaban J connectivity index is 2.49. The Kier molecular flexibility index (Phi) is 2.03. The van der Waals surface area contributed by atoms with Gasteiger partial charge in [-0.05, 0) is 6.07 Å². The Morgan fingerprint density at radius 3 is 2.83 bits per heavy atom. The molecule has 0 aliphatic carbocycles. The summed E-state index contributed by atoms with van der Waals surface area (Å²) in [6, 6.07) is 3.50. The smallest absolute Gasteiger partial charge is 0.144 e. The number of ether oxygens (including phenoxy) is 1. The van der Waals surface area contributed by atoms with Gasteiger partial charge in [0.05, 0.1) is 15.7 Å². The molecule has 1 heterocycles. The van der Waals surface area contributed by atoms with Crippen molar-refractivity contribution in [2.45, 2.75) is 0 Å². The average molecular weight is 204 g/mol. The number of anilines is 1. The summed E-state index contributed by atoms with van der Waals surface area (Å²) in [6.45, 7) is 1.48. The zero-order valence-electron chi connectivity index (χ0n) is 6.23. The average Bonchev–Trinajstić information content (AvgIpc) is 2.07. The number of rotatable bonds is 0. The van der Waals surface area contributed by atoms with E-state index in [1.54, 1.807) is 12.1 Å². The lowest BCUT2D eigenvalue weighted by atomic mass is 10.2. The lowest BCUT2D eigenvalue weighted by Crippen LogP contribution is -2.17. The highest BCUT2D eigenvalue weighted by molar-refractivity contribution is 6.42. The van der Waals surface area contributed by atoms with Crippen molar-refractivity contribution >= 4 is 28.9 Å². The predicted octanol–water partition coefficient (Wildman–Crippen LogP) is 2.80. The van der Waals surface area contributed by atoms with Crippen molar-refractivity contribution in [1.29, 1.82) is 0 Å². The molecule has 1 aromatic carbocycles. The Morgan fingerprint density at radius 2 is 2.00 bits per heavy atom. The van der Waals surface area contributed by atoms with Crippen LogP contribution in [0.25, 0.3) is 0 Å². The third-order valence-corrected chi connectivity index (χ3v) is 2.42. The minimum absolute atomic E-state index is 0.527. The quantitative estimate of drug-likeness (QED) is 0.701. The molecule has 0 amide bonds. The molecular weight excluding hydrogens is 197 g/mol. The molecule has 4 heteroatoms. The van der Waals surface area contributed by atoms with Gasteiger partial charge in [-0.2, -0.15) is 0 Å². The molecule has 64 valence electrons. The second-order valence-electron chi connectivity index (χ2n) is 2.54. The molecule has 12 heavy (non-hydrogen) atoms. The largest absolute Gasteiger partial charge is 0.490 e. The van der Waals surface area contributed by atoms with Gasteiger partial charge in [0.25, 0.3) is 0 Å². The van der Waals surface area contributed by atoms with Crippen LogP contribution in [0.1, 0.15) is 0 Å². The number of benzene rings is 1. The Morgan fingerprint density at radius 1 is 1.25 bits per heavy atom. The van der Waals surface area contributed by atoms with Crippen molar-refractivity contribution in [2.75, 3.05) is 18.5 Å². The normalized spacial score (nSPS) is 14.5. The summed E-state index contributed by atoms with van der Waals surface area (Å²) in [5, 5.41) is 4.24. The second-order valence-corrected chi connectivity index (χ2v) is 3.35. The molecule has 1 N–H and O–H groups in total. The lowest BCUT2D eigenvalue weighted by Gasteiger charge is -2.19. The monoisotopic (exact) mass is 203 g/mol. The maximum Gasteiger partial charge on any atom is 0.144 e. The molecule has 0 saturated carbocycles. The van der Waals surface area contributed by atoms with E-state index in [1.807, 2.05) is 0 Å². The van der Waals surface area contributed by atoms with E-state index in [1.165, 1.54) is 0 Å². The van der Waals surface area contributed by atoms with E-state index in [0.29, 0.717) is 16.7 Å². The van der Waals surface area contributed by atoms with E-state index in [-0.39, 0.29) is 0 Å². The van der Waals surface area contributed by atoms with Crippen molar-refractivity contribution in [3.63, 3.8) is 0 Å². The van der Waals surface area contributed by atoms with Crippen LogP contribution in [0.2, 0.25) is 10.0 Å². The molecule has 0 bridgehead atoms. The minimum atomic E-state index is 0.527. The van der Waals surface area contributed by atoms with Crippen LogP contribution < -0.4 is 10.1 Å². The molecule has 0 radical (unpaired) electrons. The van der Waals surface area contributed by atoms with Gasteiger partial charge in [0, 0.05) is 12.6 Å². The summed E-state index contributed by atoms with van der Waals surface area (Å²) < 4.78 is 5.35. The molecule has 2 nitrogen and oxygen atoms in total. The highest BCUT2D eigenvalue weighted by atomic mass is 35.5. The summed E-state index contributed by atoms with van der Waals surface area (Å²) in [6.07, 6.45) is 0. The van der Waals surface area contributed by atoms with Gasteiger partial charge in [0.2, 0.25) is 0 Å². The van der Waals surface area contributed by atoms with Crippen LogP contribution in [0.4, 0.5) is 5.69 Å². The van der Waals surface area contributed by atoms with Gasteiger partial charge in [0.15, 0.2) is 0 Å². The van der Waals surface area contributed by atoms with E-state index in [2.05, 4.69) is 5.32 Å². The van der Waals surface area contributed by atoms with Crippen LogP contribution in [-0.2, 0) is 0 Å². The second kappa shape index (κ2) is 3.04. The summed E-state index contributed by atoms with van der Waals surface area (Å²) in [5.74, 6) is 0.774. The first-order valence-electron chi connectivity index (χ1n) is 3.63. The fraction of sp³-hybridized carbons (Fsp3) is 0.250. The Hall–Kier alpha value is -0.600. The first-order valence-corrected chi connectivity index (χ1v) is 4.38. The molecule has 0 fully saturated rings. The molecule has 0 aromatic heterocycles. The molecule has 0 unspecified atom stereocenters. The molecule has 0 saturated heterocycles. The third-order valence-electron chi connectivity index (χ3n) is 1.70. The SMILES string of the molecule is Clc1cc2c(cc1Cl)OCCN2. The van der Waals surface area contributed by atoms with E-state index in [9.17, 15) is 0 Å². The van der Waals surface area contributed by atoms with E-state index < -0.39 is 0 Å². The van der Waals surface area contributed by atoms with Crippen molar-refractivity contribution in [2.24, 2.45) is 0 Å². The summed E-state index contributed by atoms with van der Waals surface area (Å²) in [4.78, 5) is 0. The van der Waals surface area contributed by atoms with E-state index >= 15 is 0 Å². The molecule has 0 atom stereocenters. The van der Waals surface area contributed by atoms with Crippen LogP contribution >= 0.6 is 23.2 Å². The van der Waals surface area contributed by atoms with Gasteiger partial charge >= 0.3 is 0 Å². The van der Waals surface area contributed by atoms with Crippen molar-refractivity contribution in [3.05, 3.63) is 22.2 Å². The van der Waals surface area contributed by atoms with Gasteiger partial charge in [0.1, 0.15) is 12.4 Å². The fourth-order valence-electron chi connectivity index (χ4n) is 1.13. The standard InChI is InChI=1S/C8H7Cl2NO/c9-5-3-7-8(4-6(5)10)12-2-1-11-7/h3-4,11H,1-2H2. The van der Waals surface area contributed by atoms with Gasteiger partial charge in [-0.15, -0.1) is 0 Å². The maximum atomic E-state index is 5.82. The topological polar surface area (TPSA) is 21.3 Å². The molecular formula is C8H7Cl2NO. The predicted molar refractivity (Wildman–Crippen MR) is 50.4 cm³/mol. The number of fused-ring (bicyclic) bond motifs is 1. The van der Waals surface area contributed by atoms with Gasteiger partial charge in [-0.25, -0.2) is 0 Å². The van der Waals surface area contributed by atoms with Crippen molar-refractivity contribution in [1.82, 2.24) is 0 Å². The van der Waals surface area contributed by atoms with Gasteiger partial charge in [-0.3, -0.25) is 0 Å². The van der Waals surface area contributed by atoms with Gasteiger partial charge < -0.3 is 10.1 Å². The molecule has 0 spiro atoms. The number of halogens is 2. The number of hydrogen-bond acceptors (Lipinski definition) is 2. The first kappa shape index (κ1) is 8.02. The van der Waals surface area contributed by atoms with Gasteiger partial charge in [-0.1, -0.05) is 23.2 Å². The number of nitrogens with one attached hydrogen (secondary N) is 1. The van der Waals surface area contributed by atoms with Crippen molar-refractivity contribution < 1.29 is 4.74 Å². The highest BCUT2D eigenvalue weighted by Crippen LogP contribution is 2.35. The molecule has 1 aromatic rings. The Bertz CT molecular complexity index is 283. The number of hydrogen-bond donors (Lipinski definition) is 1. The fourth-order valence-corrected chi connectivity index (χ4v) is 1.45. The zero-order chi connectivity index (χ0) is 8.55.